The van der Waals surface area contributed by atoms with Crippen LogP contribution in [0.15, 0.2) is 40.9 Å². The molecule has 0 bridgehead atoms. The Bertz CT molecular complexity index is 596. The molecule has 0 radical (unpaired) electrons. The lowest BCUT2D eigenvalue weighted by molar-refractivity contribution is 0.506. The molecule has 0 heterocycles. The molecule has 0 aliphatic heterocycles. The lowest BCUT2D eigenvalue weighted by atomic mass is 9.99. The summed E-state index contributed by atoms with van der Waals surface area (Å²) in [4.78, 5) is 0. The molecule has 20 heavy (non-hydrogen) atoms. The minimum atomic E-state index is -0.886. The maximum atomic E-state index is 13.2. The number of halogens is 4. The van der Waals surface area contributed by atoms with Crippen LogP contribution in [-0.2, 0) is 12.8 Å². The van der Waals surface area contributed by atoms with Gasteiger partial charge in [0.1, 0.15) is 5.82 Å². The first-order chi connectivity index (χ1) is 9.44. The molecular weight excluding hydrogens is 331 g/mol. The number of nitrogens with two attached hydrogens (primary N) is 1. The van der Waals surface area contributed by atoms with Crippen LogP contribution < -0.4 is 5.73 Å². The molecule has 5 heteroatoms. The Morgan fingerprint density at radius 1 is 0.900 bits per heavy atom. The van der Waals surface area contributed by atoms with Crippen LogP contribution in [-0.4, -0.2) is 6.04 Å². The van der Waals surface area contributed by atoms with Crippen LogP contribution in [0.3, 0.4) is 0 Å². The molecular formula is C15H13BrF3N. The molecule has 0 aliphatic rings. The molecule has 0 saturated carbocycles. The van der Waals surface area contributed by atoms with Crippen molar-refractivity contribution in [2.24, 2.45) is 5.73 Å². The molecule has 0 aliphatic carbocycles. The largest absolute Gasteiger partial charge is 0.327 e. The molecule has 1 atom stereocenters. The third kappa shape index (κ3) is 4.08. The van der Waals surface area contributed by atoms with E-state index in [1.165, 1.54) is 18.2 Å². The van der Waals surface area contributed by atoms with Gasteiger partial charge in [0, 0.05) is 10.5 Å². The van der Waals surface area contributed by atoms with E-state index < -0.39 is 11.6 Å². The fourth-order valence-electron chi connectivity index (χ4n) is 2.07. The number of benzene rings is 2. The van der Waals surface area contributed by atoms with Gasteiger partial charge in [-0.3, -0.25) is 0 Å². The molecule has 2 rings (SSSR count). The maximum Gasteiger partial charge on any atom is 0.159 e. The van der Waals surface area contributed by atoms with Gasteiger partial charge in [-0.15, -0.1) is 0 Å². The average molecular weight is 344 g/mol. The summed E-state index contributed by atoms with van der Waals surface area (Å²) in [7, 11) is 0. The monoisotopic (exact) mass is 343 g/mol. The molecule has 2 N–H and O–H groups in total. The molecule has 0 fully saturated rings. The molecule has 2 aromatic rings. The van der Waals surface area contributed by atoms with Gasteiger partial charge in [-0.2, -0.15) is 0 Å². The van der Waals surface area contributed by atoms with Crippen molar-refractivity contribution in [3.05, 3.63) is 69.4 Å². The van der Waals surface area contributed by atoms with Crippen LogP contribution in [0.1, 0.15) is 11.1 Å². The van der Waals surface area contributed by atoms with E-state index in [2.05, 4.69) is 15.9 Å². The number of hydrogen-bond acceptors (Lipinski definition) is 1. The second kappa shape index (κ2) is 6.41. The summed E-state index contributed by atoms with van der Waals surface area (Å²) in [6, 6.07) is 7.98. The highest BCUT2D eigenvalue weighted by Crippen LogP contribution is 2.17. The Morgan fingerprint density at radius 2 is 1.60 bits per heavy atom. The van der Waals surface area contributed by atoms with Crippen LogP contribution in [0, 0.1) is 17.5 Å². The van der Waals surface area contributed by atoms with Gasteiger partial charge in [-0.05, 0) is 54.3 Å². The van der Waals surface area contributed by atoms with Gasteiger partial charge in [0.05, 0.1) is 0 Å². The Kier molecular flexibility index (Phi) is 4.83. The molecule has 1 nitrogen and oxygen atoms in total. The van der Waals surface area contributed by atoms with Gasteiger partial charge in [0.25, 0.3) is 0 Å². The van der Waals surface area contributed by atoms with Crippen molar-refractivity contribution < 1.29 is 13.2 Å². The van der Waals surface area contributed by atoms with E-state index in [-0.39, 0.29) is 11.9 Å². The zero-order valence-corrected chi connectivity index (χ0v) is 12.1. The highest BCUT2D eigenvalue weighted by atomic mass is 79.9. The third-order valence-corrected chi connectivity index (χ3v) is 3.36. The quantitative estimate of drug-likeness (QED) is 0.892. The van der Waals surface area contributed by atoms with E-state index in [9.17, 15) is 13.2 Å². The van der Waals surface area contributed by atoms with Crippen LogP contribution in [0.5, 0.6) is 0 Å². The van der Waals surface area contributed by atoms with Gasteiger partial charge in [-0.25, -0.2) is 13.2 Å². The van der Waals surface area contributed by atoms with Crippen molar-refractivity contribution in [1.29, 1.82) is 0 Å². The standard InChI is InChI=1S/C15H13BrF3N/c16-11-3-10(4-12(17)8-11)6-13(20)5-9-1-2-14(18)15(19)7-9/h1-4,7-8,13H,5-6,20H2. The SMILES string of the molecule is NC(Cc1cc(F)cc(Br)c1)Cc1ccc(F)c(F)c1. The van der Waals surface area contributed by atoms with Crippen LogP contribution in [0.25, 0.3) is 0 Å². The summed E-state index contributed by atoms with van der Waals surface area (Å²) in [5.41, 5.74) is 7.35. The van der Waals surface area contributed by atoms with Crippen molar-refractivity contribution in [3.8, 4) is 0 Å². The van der Waals surface area contributed by atoms with Gasteiger partial charge in [-0.1, -0.05) is 22.0 Å². The molecule has 0 amide bonds. The van der Waals surface area contributed by atoms with Crippen molar-refractivity contribution in [2.45, 2.75) is 18.9 Å². The van der Waals surface area contributed by atoms with Gasteiger partial charge >= 0.3 is 0 Å². The first-order valence-electron chi connectivity index (χ1n) is 6.08. The van der Waals surface area contributed by atoms with E-state index >= 15 is 0 Å². The second-order valence-electron chi connectivity index (χ2n) is 4.69. The van der Waals surface area contributed by atoms with Crippen LogP contribution >= 0.6 is 15.9 Å². The molecule has 1 unspecified atom stereocenters. The summed E-state index contributed by atoms with van der Waals surface area (Å²) < 4.78 is 39.8. The summed E-state index contributed by atoms with van der Waals surface area (Å²) in [5.74, 6) is -2.10. The van der Waals surface area contributed by atoms with Gasteiger partial charge in [0.15, 0.2) is 11.6 Å². The Hall–Kier alpha value is -1.33. The molecule has 0 saturated heterocycles. The summed E-state index contributed by atoms with van der Waals surface area (Å²) in [5, 5.41) is 0. The fraction of sp³-hybridized carbons (Fsp3) is 0.200. The Morgan fingerprint density at radius 3 is 2.25 bits per heavy atom. The topological polar surface area (TPSA) is 26.0 Å². The number of hydrogen-bond donors (Lipinski definition) is 1. The summed E-state index contributed by atoms with van der Waals surface area (Å²) >= 11 is 3.22. The predicted octanol–water partition coefficient (Wildman–Crippen LogP) is 3.98. The minimum Gasteiger partial charge on any atom is -0.327 e. The second-order valence-corrected chi connectivity index (χ2v) is 5.61. The van der Waals surface area contributed by atoms with E-state index in [4.69, 9.17) is 5.73 Å². The third-order valence-electron chi connectivity index (χ3n) is 2.90. The molecule has 0 spiro atoms. The number of rotatable bonds is 4. The summed E-state index contributed by atoms with van der Waals surface area (Å²) in [6.07, 6.45) is 0.848. The lowest BCUT2D eigenvalue weighted by Gasteiger charge is -2.12. The van der Waals surface area contributed by atoms with Crippen molar-refractivity contribution in [3.63, 3.8) is 0 Å². The molecule has 106 valence electrons. The first kappa shape index (κ1) is 15.1. The molecule has 0 aromatic heterocycles. The zero-order chi connectivity index (χ0) is 14.7. The van der Waals surface area contributed by atoms with E-state index in [0.29, 0.717) is 22.9 Å². The van der Waals surface area contributed by atoms with Crippen molar-refractivity contribution >= 4 is 15.9 Å². The highest BCUT2D eigenvalue weighted by molar-refractivity contribution is 9.10. The fourth-order valence-corrected chi connectivity index (χ4v) is 2.59. The summed E-state index contributed by atoms with van der Waals surface area (Å²) in [6.45, 7) is 0. The van der Waals surface area contributed by atoms with Gasteiger partial charge in [0.2, 0.25) is 0 Å². The van der Waals surface area contributed by atoms with Crippen molar-refractivity contribution in [2.75, 3.05) is 0 Å². The van der Waals surface area contributed by atoms with E-state index in [1.807, 2.05) is 0 Å². The van der Waals surface area contributed by atoms with Crippen LogP contribution in [0.4, 0.5) is 13.2 Å². The highest BCUT2D eigenvalue weighted by Gasteiger charge is 2.09. The van der Waals surface area contributed by atoms with Crippen molar-refractivity contribution in [1.82, 2.24) is 0 Å². The molecule has 2 aromatic carbocycles. The predicted molar refractivity (Wildman–Crippen MR) is 75.8 cm³/mol. The zero-order valence-electron chi connectivity index (χ0n) is 10.5. The van der Waals surface area contributed by atoms with E-state index in [1.54, 1.807) is 6.07 Å². The van der Waals surface area contributed by atoms with Gasteiger partial charge < -0.3 is 5.73 Å². The minimum absolute atomic E-state index is 0.298. The normalized spacial score (nSPS) is 12.4. The van der Waals surface area contributed by atoms with E-state index in [0.717, 1.165) is 17.7 Å². The Labute approximate surface area is 123 Å². The first-order valence-corrected chi connectivity index (χ1v) is 6.88. The lowest BCUT2D eigenvalue weighted by Crippen LogP contribution is -2.25. The smallest absolute Gasteiger partial charge is 0.159 e. The maximum absolute atomic E-state index is 13.2. The Balaban J connectivity index is 2.04. The average Bonchev–Trinajstić information content (AvgIpc) is 2.32. The van der Waals surface area contributed by atoms with Crippen LogP contribution in [0.2, 0.25) is 0 Å².